The molecule has 0 bridgehead atoms. The second kappa shape index (κ2) is 8.15. The average molecular weight is 217 g/mol. The van der Waals surface area contributed by atoms with Crippen LogP contribution in [0.15, 0.2) is 23.9 Å². The first kappa shape index (κ1) is 13.8. The van der Waals surface area contributed by atoms with Crippen LogP contribution >= 0.6 is 0 Å². The summed E-state index contributed by atoms with van der Waals surface area (Å²) in [5.74, 6) is -0.155. The molecule has 0 radical (unpaired) electrons. The van der Waals surface area contributed by atoms with Gasteiger partial charge in [-0.2, -0.15) is 8.78 Å². The number of carbonyl (C=O) groups is 1. The van der Waals surface area contributed by atoms with Gasteiger partial charge in [0.05, 0.1) is 0 Å². The molecule has 0 spiro atoms. The summed E-state index contributed by atoms with van der Waals surface area (Å²) in [5.41, 5.74) is 0.705. The fourth-order valence-electron chi connectivity index (χ4n) is 1.03. The largest absolute Gasteiger partial charge is 0.336 e. The van der Waals surface area contributed by atoms with Crippen molar-refractivity contribution in [3.63, 3.8) is 0 Å². The quantitative estimate of drug-likeness (QED) is 0.403. The molecule has 0 amide bonds. The number of aldehydes is 1. The molecule has 86 valence electrons. The van der Waals surface area contributed by atoms with Gasteiger partial charge in [-0.1, -0.05) is 26.0 Å². The van der Waals surface area contributed by atoms with E-state index in [9.17, 15) is 13.6 Å². The molecule has 0 rings (SSSR count). The van der Waals surface area contributed by atoms with Crippen LogP contribution in [0.3, 0.4) is 0 Å². The topological polar surface area (TPSA) is 29.1 Å². The van der Waals surface area contributed by atoms with Crippen LogP contribution in [0.5, 0.6) is 0 Å². The van der Waals surface area contributed by atoms with Gasteiger partial charge in [0, 0.05) is 12.1 Å². The van der Waals surface area contributed by atoms with Gasteiger partial charge >= 0.3 is 6.55 Å². The second-order valence-electron chi connectivity index (χ2n) is 3.31. The van der Waals surface area contributed by atoms with E-state index in [4.69, 9.17) is 0 Å². The number of hydrogen-bond acceptors (Lipinski definition) is 2. The first-order valence-corrected chi connectivity index (χ1v) is 4.95. The number of hydrogen-bond donors (Lipinski definition) is 1. The van der Waals surface area contributed by atoms with E-state index in [0.717, 1.165) is 12.7 Å². The second-order valence-corrected chi connectivity index (χ2v) is 3.31. The van der Waals surface area contributed by atoms with E-state index in [0.29, 0.717) is 12.0 Å². The summed E-state index contributed by atoms with van der Waals surface area (Å²) < 4.78 is 23.8. The van der Waals surface area contributed by atoms with E-state index in [1.54, 1.807) is 13.0 Å². The molecule has 0 fully saturated rings. The average Bonchev–Trinajstić information content (AvgIpc) is 2.21. The fourth-order valence-corrected chi connectivity index (χ4v) is 1.03. The smallest absolute Gasteiger partial charge is 0.312 e. The van der Waals surface area contributed by atoms with Gasteiger partial charge in [-0.15, -0.1) is 0 Å². The lowest BCUT2D eigenvalue weighted by Gasteiger charge is -2.06. The Kier molecular flexibility index (Phi) is 7.50. The van der Waals surface area contributed by atoms with Gasteiger partial charge in [0.25, 0.3) is 0 Å². The highest BCUT2D eigenvalue weighted by atomic mass is 19.3. The van der Waals surface area contributed by atoms with Crippen LogP contribution in [0.2, 0.25) is 0 Å². The molecule has 2 nitrogen and oxygen atoms in total. The Labute approximate surface area is 89.1 Å². The molecule has 1 unspecified atom stereocenters. The van der Waals surface area contributed by atoms with Gasteiger partial charge in [0.1, 0.15) is 6.29 Å². The minimum absolute atomic E-state index is 0.155. The number of alkyl halides is 2. The molecule has 0 aliphatic heterocycles. The van der Waals surface area contributed by atoms with Crippen molar-refractivity contribution in [2.75, 3.05) is 0 Å². The van der Waals surface area contributed by atoms with Crippen molar-refractivity contribution >= 4 is 6.29 Å². The highest BCUT2D eigenvalue weighted by molar-refractivity contribution is 5.53. The van der Waals surface area contributed by atoms with Gasteiger partial charge < -0.3 is 10.1 Å². The molecule has 0 aromatic heterocycles. The Morgan fingerprint density at radius 3 is 2.60 bits per heavy atom. The molecule has 1 atom stereocenters. The van der Waals surface area contributed by atoms with Crippen LogP contribution in [-0.4, -0.2) is 12.8 Å². The molecule has 0 aliphatic rings. The van der Waals surface area contributed by atoms with Crippen molar-refractivity contribution in [3.8, 4) is 0 Å². The lowest BCUT2D eigenvalue weighted by Crippen LogP contribution is -2.13. The maximum absolute atomic E-state index is 11.9. The summed E-state index contributed by atoms with van der Waals surface area (Å²) in [4.78, 5) is 10.4. The van der Waals surface area contributed by atoms with Crippen molar-refractivity contribution in [3.05, 3.63) is 23.9 Å². The molecule has 0 saturated carbocycles. The molecule has 0 saturated heterocycles. The first-order chi connectivity index (χ1) is 7.10. The molecule has 0 aromatic rings. The number of carbonyl (C=O) groups excluding carboxylic acids is 1. The predicted octanol–water partition coefficient (Wildman–Crippen LogP) is 2.87. The summed E-state index contributed by atoms with van der Waals surface area (Å²) in [6, 6.07) is 0. The van der Waals surface area contributed by atoms with Gasteiger partial charge in [-0.3, -0.25) is 0 Å². The summed E-state index contributed by atoms with van der Waals surface area (Å²) in [5, 5.41) is 1.92. The molecular weight excluding hydrogens is 200 g/mol. The number of halogens is 2. The fraction of sp³-hybridized carbons (Fsp3) is 0.545. The van der Waals surface area contributed by atoms with Crippen LogP contribution in [0.4, 0.5) is 8.78 Å². The summed E-state index contributed by atoms with van der Waals surface area (Å²) >= 11 is 0. The Balaban J connectivity index is 4.35. The van der Waals surface area contributed by atoms with Gasteiger partial charge in [-0.05, 0) is 18.4 Å². The van der Waals surface area contributed by atoms with Crippen LogP contribution in [0.1, 0.15) is 26.7 Å². The maximum atomic E-state index is 11.9. The van der Waals surface area contributed by atoms with E-state index >= 15 is 0 Å². The zero-order valence-corrected chi connectivity index (χ0v) is 9.04. The summed E-state index contributed by atoms with van der Waals surface area (Å²) in [6.45, 7) is 1.14. The van der Waals surface area contributed by atoms with E-state index in [-0.39, 0.29) is 5.92 Å². The van der Waals surface area contributed by atoms with Crippen molar-refractivity contribution in [1.29, 1.82) is 0 Å². The maximum Gasteiger partial charge on any atom is 0.312 e. The Morgan fingerprint density at radius 1 is 1.47 bits per heavy atom. The summed E-state index contributed by atoms with van der Waals surface area (Å²) in [7, 11) is 0. The molecule has 0 aliphatic carbocycles. The standard InChI is InChI=1S/C11H17F2NO/c1-3-4-5-10(6-9(2)8-15)7-14-11(12)13/h4-5,7-9,11,14H,3,6H2,1-2H3/b5-4+,10-7+. The third-order valence-electron chi connectivity index (χ3n) is 1.75. The van der Waals surface area contributed by atoms with Crippen molar-refractivity contribution in [1.82, 2.24) is 5.32 Å². The number of allylic oxidation sites excluding steroid dienone is 3. The molecular formula is C11H17F2NO. The highest BCUT2D eigenvalue weighted by Gasteiger charge is 2.03. The Bertz CT molecular complexity index is 237. The van der Waals surface area contributed by atoms with Gasteiger partial charge in [0.2, 0.25) is 0 Å². The van der Waals surface area contributed by atoms with Gasteiger partial charge in [-0.25, -0.2) is 0 Å². The number of nitrogens with one attached hydrogen (secondary N) is 1. The molecule has 0 aromatic carbocycles. The SMILES string of the molecule is CC/C=C/C(=C\NC(F)F)CC(C)C=O. The van der Waals surface area contributed by atoms with Crippen molar-refractivity contribution in [2.24, 2.45) is 5.92 Å². The molecule has 1 N–H and O–H groups in total. The highest BCUT2D eigenvalue weighted by Crippen LogP contribution is 2.10. The normalized spacial score (nSPS) is 14.6. The van der Waals surface area contributed by atoms with E-state index in [2.05, 4.69) is 0 Å². The first-order valence-electron chi connectivity index (χ1n) is 4.95. The summed E-state index contributed by atoms with van der Waals surface area (Å²) in [6.07, 6.45) is 7.01. The molecule has 15 heavy (non-hydrogen) atoms. The zero-order valence-electron chi connectivity index (χ0n) is 9.04. The van der Waals surface area contributed by atoms with Gasteiger partial charge in [0.15, 0.2) is 0 Å². The lowest BCUT2D eigenvalue weighted by molar-refractivity contribution is -0.110. The van der Waals surface area contributed by atoms with Crippen molar-refractivity contribution < 1.29 is 13.6 Å². The van der Waals surface area contributed by atoms with Crippen LogP contribution in [-0.2, 0) is 4.79 Å². The predicted molar refractivity (Wildman–Crippen MR) is 56.5 cm³/mol. The van der Waals surface area contributed by atoms with Crippen LogP contribution in [0, 0.1) is 5.92 Å². The van der Waals surface area contributed by atoms with E-state index in [1.165, 1.54) is 6.20 Å². The van der Waals surface area contributed by atoms with Crippen LogP contribution in [0.25, 0.3) is 0 Å². The van der Waals surface area contributed by atoms with E-state index in [1.807, 2.05) is 18.3 Å². The zero-order chi connectivity index (χ0) is 11.7. The molecule has 0 heterocycles. The third kappa shape index (κ3) is 7.85. The lowest BCUT2D eigenvalue weighted by atomic mass is 10.0. The van der Waals surface area contributed by atoms with Crippen LogP contribution < -0.4 is 5.32 Å². The monoisotopic (exact) mass is 217 g/mol. The Hall–Kier alpha value is -1.19. The minimum atomic E-state index is -2.57. The van der Waals surface area contributed by atoms with Crippen molar-refractivity contribution in [2.45, 2.75) is 33.2 Å². The molecule has 4 heteroatoms. The minimum Gasteiger partial charge on any atom is -0.336 e. The number of rotatable bonds is 7. The Morgan fingerprint density at radius 2 is 2.13 bits per heavy atom. The third-order valence-corrected chi connectivity index (χ3v) is 1.75. The van der Waals surface area contributed by atoms with E-state index < -0.39 is 6.55 Å².